The van der Waals surface area contributed by atoms with Gasteiger partial charge < -0.3 is 19.5 Å². The molecule has 0 bridgehead atoms. The van der Waals surface area contributed by atoms with Gasteiger partial charge in [-0.15, -0.1) is 0 Å². The molecule has 5 aromatic rings. The van der Waals surface area contributed by atoms with Gasteiger partial charge in [0.05, 0.1) is 19.8 Å². The highest BCUT2D eigenvalue weighted by molar-refractivity contribution is 6.26. The normalized spacial score (nSPS) is 11.6. The number of carbonyl (C=O) groups excluding carboxylic acids is 1. The average molecular weight is 874 g/mol. The van der Waals surface area contributed by atoms with Crippen molar-refractivity contribution < 1.29 is 19.0 Å². The van der Waals surface area contributed by atoms with Crippen LogP contribution in [-0.2, 0) is 0 Å². The fraction of sp³-hybridized carbons (Fsp3) is 0.610. The molecule has 0 unspecified atom stereocenters. The Hall–Kier alpha value is -3.99. The van der Waals surface area contributed by atoms with Gasteiger partial charge in [0.1, 0.15) is 0 Å². The molecule has 0 radical (unpaired) electrons. The molecular formula is C59H87NO4. The molecule has 0 saturated heterocycles. The van der Waals surface area contributed by atoms with Crippen molar-refractivity contribution in [3.8, 4) is 17.2 Å². The van der Waals surface area contributed by atoms with E-state index in [1.807, 2.05) is 18.2 Å². The summed E-state index contributed by atoms with van der Waals surface area (Å²) in [5.41, 5.74) is 1.32. The van der Waals surface area contributed by atoms with Crippen LogP contribution >= 0.6 is 0 Å². The maximum atomic E-state index is 14.4. The van der Waals surface area contributed by atoms with Crippen molar-refractivity contribution in [2.24, 2.45) is 0 Å². The van der Waals surface area contributed by atoms with Gasteiger partial charge in [0.15, 0.2) is 11.5 Å². The van der Waals surface area contributed by atoms with E-state index in [1.165, 1.54) is 181 Å². The first kappa shape index (κ1) is 51.0. The Morgan fingerprint density at radius 2 is 0.766 bits per heavy atom. The molecule has 0 aliphatic heterocycles. The van der Waals surface area contributed by atoms with E-state index in [2.05, 4.69) is 74.6 Å². The van der Waals surface area contributed by atoms with E-state index in [0.717, 1.165) is 49.6 Å². The van der Waals surface area contributed by atoms with Gasteiger partial charge in [-0.05, 0) is 64.4 Å². The molecule has 0 aromatic heterocycles. The van der Waals surface area contributed by atoms with Crippen LogP contribution in [0.3, 0.4) is 0 Å². The molecule has 0 aliphatic carbocycles. The second-order valence-electron chi connectivity index (χ2n) is 18.8. The number of unbranched alkanes of at least 4 members (excludes halogenated alkanes) is 27. The highest BCUT2D eigenvalue weighted by Crippen LogP contribution is 2.41. The van der Waals surface area contributed by atoms with Crippen molar-refractivity contribution in [1.82, 2.24) is 0 Å². The van der Waals surface area contributed by atoms with Crippen LogP contribution in [0.5, 0.6) is 17.2 Å². The smallest absolute Gasteiger partial charge is 0.255 e. The predicted molar refractivity (Wildman–Crippen MR) is 277 cm³/mol. The second-order valence-corrected chi connectivity index (χ2v) is 18.8. The van der Waals surface area contributed by atoms with Crippen molar-refractivity contribution in [3.63, 3.8) is 0 Å². The summed E-state index contributed by atoms with van der Waals surface area (Å²) < 4.78 is 19.9. The molecule has 0 spiro atoms. The van der Waals surface area contributed by atoms with Crippen LogP contribution in [0, 0.1) is 0 Å². The predicted octanol–water partition coefficient (Wildman–Crippen LogP) is 18.7. The second kappa shape index (κ2) is 31.0. The third-order valence-corrected chi connectivity index (χ3v) is 13.3. The van der Waals surface area contributed by atoms with E-state index < -0.39 is 0 Å². The fourth-order valence-corrected chi connectivity index (χ4v) is 9.41. The van der Waals surface area contributed by atoms with E-state index in [0.29, 0.717) is 42.6 Å². The monoisotopic (exact) mass is 874 g/mol. The minimum absolute atomic E-state index is 0.177. The summed E-state index contributed by atoms with van der Waals surface area (Å²) in [5.74, 6) is 1.70. The molecule has 0 fully saturated rings. The van der Waals surface area contributed by atoms with Crippen molar-refractivity contribution in [1.29, 1.82) is 0 Å². The molecule has 0 aliphatic rings. The highest BCUT2D eigenvalue weighted by Gasteiger charge is 2.21. The minimum atomic E-state index is -0.177. The molecule has 0 atom stereocenters. The molecule has 0 heterocycles. The van der Waals surface area contributed by atoms with E-state index in [4.69, 9.17) is 14.2 Å². The summed E-state index contributed by atoms with van der Waals surface area (Å²) in [6.07, 6.45) is 38.2. The lowest BCUT2D eigenvalue weighted by Gasteiger charge is -2.19. The van der Waals surface area contributed by atoms with Gasteiger partial charge in [0, 0.05) is 16.6 Å². The number of anilines is 1. The summed E-state index contributed by atoms with van der Waals surface area (Å²) in [7, 11) is 0. The van der Waals surface area contributed by atoms with Crippen molar-refractivity contribution in [2.75, 3.05) is 25.1 Å². The molecule has 0 saturated carbocycles. The van der Waals surface area contributed by atoms with E-state index in [-0.39, 0.29) is 5.91 Å². The van der Waals surface area contributed by atoms with Crippen LogP contribution in [-0.4, -0.2) is 25.7 Å². The molecular weight excluding hydrogens is 787 g/mol. The lowest BCUT2D eigenvalue weighted by atomic mass is 9.93. The van der Waals surface area contributed by atoms with E-state index in [1.54, 1.807) is 0 Å². The molecule has 5 nitrogen and oxygen atoms in total. The molecule has 1 amide bonds. The van der Waals surface area contributed by atoms with Crippen LogP contribution in [0.1, 0.15) is 224 Å². The van der Waals surface area contributed by atoms with Gasteiger partial charge in [0.25, 0.3) is 5.91 Å². The fourth-order valence-electron chi connectivity index (χ4n) is 9.41. The molecule has 5 rings (SSSR count). The summed E-state index contributed by atoms with van der Waals surface area (Å²) in [5, 5.41) is 10.4. The number of rotatable bonds is 38. The largest absolute Gasteiger partial charge is 0.490 e. The number of benzene rings is 5. The number of ether oxygens (including phenoxy) is 3. The van der Waals surface area contributed by atoms with Gasteiger partial charge in [-0.2, -0.15) is 0 Å². The summed E-state index contributed by atoms with van der Waals surface area (Å²) >= 11 is 0. The quantitative estimate of drug-likeness (QED) is 0.0317. The third-order valence-electron chi connectivity index (χ3n) is 13.3. The Balaban J connectivity index is 1.28. The zero-order chi connectivity index (χ0) is 44.9. The average Bonchev–Trinajstić information content (AvgIpc) is 3.31. The standard InChI is InChI=1S/C59H87NO4/c1-4-7-10-13-16-19-22-25-28-31-43-62-54-46-51(59(61)60-53-42-40-50-38-37-48-35-34-36-49-39-41-52(53)57(50)56(48)49)47-55(63-44-32-29-26-23-20-17-14-11-8-5-2)58(54)64-45-33-30-27-24-21-18-15-12-9-6-3/h34-42,46-47H,4-33,43-45H2,1-3H3,(H,60,61). The van der Waals surface area contributed by atoms with Crippen LogP contribution in [0.15, 0.2) is 66.7 Å². The first-order valence-electron chi connectivity index (χ1n) is 26.7. The van der Waals surface area contributed by atoms with Crippen molar-refractivity contribution >= 4 is 43.9 Å². The van der Waals surface area contributed by atoms with Crippen LogP contribution in [0.25, 0.3) is 32.3 Å². The summed E-state index contributed by atoms with van der Waals surface area (Å²) in [6, 6.07) is 23.1. The van der Waals surface area contributed by atoms with E-state index >= 15 is 0 Å². The first-order valence-corrected chi connectivity index (χ1v) is 26.7. The maximum Gasteiger partial charge on any atom is 0.255 e. The lowest BCUT2D eigenvalue weighted by molar-refractivity contribution is 0.102. The molecule has 1 N–H and O–H groups in total. The molecule has 5 heteroatoms. The zero-order valence-electron chi connectivity index (χ0n) is 40.8. The Labute approximate surface area is 389 Å². The van der Waals surface area contributed by atoms with Crippen LogP contribution in [0.4, 0.5) is 5.69 Å². The highest BCUT2D eigenvalue weighted by atomic mass is 16.5. The van der Waals surface area contributed by atoms with Gasteiger partial charge >= 0.3 is 0 Å². The van der Waals surface area contributed by atoms with Gasteiger partial charge in [-0.25, -0.2) is 0 Å². The zero-order valence-corrected chi connectivity index (χ0v) is 40.8. The minimum Gasteiger partial charge on any atom is -0.490 e. The topological polar surface area (TPSA) is 56.8 Å². The summed E-state index contributed by atoms with van der Waals surface area (Å²) in [4.78, 5) is 14.4. The number of hydrogen-bond donors (Lipinski definition) is 1. The van der Waals surface area contributed by atoms with Crippen molar-refractivity contribution in [3.05, 3.63) is 72.3 Å². The lowest BCUT2D eigenvalue weighted by Crippen LogP contribution is -2.14. The van der Waals surface area contributed by atoms with Gasteiger partial charge in [-0.3, -0.25) is 4.79 Å². The molecule has 5 aromatic carbocycles. The number of amides is 1. The third kappa shape index (κ3) is 17.4. The SMILES string of the molecule is CCCCCCCCCCCCOc1cc(C(=O)Nc2ccc3ccc4cccc5ccc2c3c45)cc(OCCCCCCCCCCCC)c1OCCCCCCCCCCCC. The van der Waals surface area contributed by atoms with Crippen molar-refractivity contribution in [2.45, 2.75) is 213 Å². The Morgan fingerprint density at radius 1 is 0.406 bits per heavy atom. The number of carbonyl (C=O) groups is 1. The Bertz CT molecular complexity index is 1940. The number of hydrogen-bond acceptors (Lipinski definition) is 4. The van der Waals surface area contributed by atoms with Crippen LogP contribution < -0.4 is 19.5 Å². The van der Waals surface area contributed by atoms with Crippen LogP contribution in [0.2, 0.25) is 0 Å². The molecule has 352 valence electrons. The molecule has 64 heavy (non-hydrogen) atoms. The Morgan fingerprint density at radius 3 is 1.20 bits per heavy atom. The number of nitrogens with one attached hydrogen (secondary N) is 1. The first-order chi connectivity index (χ1) is 31.6. The van der Waals surface area contributed by atoms with E-state index in [9.17, 15) is 4.79 Å². The summed E-state index contributed by atoms with van der Waals surface area (Å²) in [6.45, 7) is 8.62. The van der Waals surface area contributed by atoms with Gasteiger partial charge in [-0.1, -0.05) is 243 Å². The Kier molecular flexibility index (Phi) is 24.7. The maximum absolute atomic E-state index is 14.4. The van der Waals surface area contributed by atoms with Gasteiger partial charge in [0.2, 0.25) is 5.75 Å².